The third-order valence-electron chi connectivity index (χ3n) is 3.93. The van der Waals surface area contributed by atoms with Crippen LogP contribution in [0.15, 0.2) is 42.9 Å². The molecule has 0 amide bonds. The van der Waals surface area contributed by atoms with Gasteiger partial charge >= 0.3 is 0 Å². The van der Waals surface area contributed by atoms with Gasteiger partial charge < -0.3 is 0 Å². The summed E-state index contributed by atoms with van der Waals surface area (Å²) in [4.78, 5) is 13.7. The number of imidazole rings is 1. The zero-order valence-electron chi connectivity index (χ0n) is 11.6. The van der Waals surface area contributed by atoms with Crippen LogP contribution in [0.4, 0.5) is 0 Å². The fraction of sp³-hybridized carbons (Fsp3) is 0.312. The average molecular weight is 296 g/mol. The molecular formula is C16H16N4S. The van der Waals surface area contributed by atoms with Crippen LogP contribution in [0.5, 0.6) is 0 Å². The number of aromatic nitrogens is 4. The number of hydrogen-bond donors (Lipinski definition) is 0. The van der Waals surface area contributed by atoms with Gasteiger partial charge in [0.25, 0.3) is 0 Å². The molecule has 1 fully saturated rings. The van der Waals surface area contributed by atoms with Crippen LogP contribution in [0.3, 0.4) is 0 Å². The van der Waals surface area contributed by atoms with Crippen LogP contribution in [0.25, 0.3) is 16.9 Å². The molecule has 0 N–H and O–H groups in total. The minimum absolute atomic E-state index is 0.514. The molecule has 0 atom stereocenters. The lowest BCUT2D eigenvalue weighted by atomic mass is 10.0. The van der Waals surface area contributed by atoms with Crippen molar-refractivity contribution in [2.75, 3.05) is 11.5 Å². The van der Waals surface area contributed by atoms with E-state index >= 15 is 0 Å². The normalized spacial score (nSPS) is 16.4. The van der Waals surface area contributed by atoms with Gasteiger partial charge in [0.15, 0.2) is 5.65 Å². The van der Waals surface area contributed by atoms with Crippen molar-refractivity contribution < 1.29 is 0 Å². The van der Waals surface area contributed by atoms with Crippen molar-refractivity contribution in [3.05, 3.63) is 48.7 Å². The molecule has 106 valence electrons. The summed E-state index contributed by atoms with van der Waals surface area (Å²) in [5.41, 5.74) is 2.94. The van der Waals surface area contributed by atoms with E-state index in [2.05, 4.69) is 20.6 Å². The number of fused-ring (bicyclic) bond motifs is 1. The fourth-order valence-electron chi connectivity index (χ4n) is 2.90. The molecule has 1 saturated heterocycles. The second kappa shape index (κ2) is 5.48. The molecule has 4 rings (SSSR count). The van der Waals surface area contributed by atoms with Crippen molar-refractivity contribution in [1.82, 2.24) is 19.5 Å². The molecule has 0 spiro atoms. The Hall–Kier alpha value is -1.88. The monoisotopic (exact) mass is 296 g/mol. The summed E-state index contributed by atoms with van der Waals surface area (Å²) in [6.45, 7) is 0. The molecular weight excluding hydrogens is 280 g/mol. The third kappa shape index (κ3) is 2.31. The Bertz CT molecular complexity index is 747. The van der Waals surface area contributed by atoms with Gasteiger partial charge in [0.05, 0.1) is 11.9 Å². The minimum atomic E-state index is 0.514. The Morgan fingerprint density at radius 2 is 1.95 bits per heavy atom. The molecule has 0 saturated carbocycles. The van der Waals surface area contributed by atoms with E-state index in [1.54, 1.807) is 6.20 Å². The highest BCUT2D eigenvalue weighted by atomic mass is 32.2. The van der Waals surface area contributed by atoms with Gasteiger partial charge in [-0.1, -0.05) is 0 Å². The molecule has 21 heavy (non-hydrogen) atoms. The lowest BCUT2D eigenvalue weighted by Crippen LogP contribution is -2.13. The Labute approximate surface area is 127 Å². The SMILES string of the molecule is c1cncc(-n2c(C3CCSCC3)nc3cccnc32)c1. The lowest BCUT2D eigenvalue weighted by Gasteiger charge is -2.21. The van der Waals surface area contributed by atoms with Crippen molar-refractivity contribution >= 4 is 22.9 Å². The molecule has 0 aromatic carbocycles. The van der Waals surface area contributed by atoms with E-state index in [1.807, 2.05) is 42.4 Å². The Morgan fingerprint density at radius 3 is 2.76 bits per heavy atom. The van der Waals surface area contributed by atoms with E-state index in [1.165, 1.54) is 24.3 Å². The Morgan fingerprint density at radius 1 is 1.10 bits per heavy atom. The molecule has 1 aliphatic rings. The van der Waals surface area contributed by atoms with Crippen LogP contribution < -0.4 is 0 Å². The fourth-order valence-corrected chi connectivity index (χ4v) is 4.01. The first-order valence-electron chi connectivity index (χ1n) is 7.25. The summed E-state index contributed by atoms with van der Waals surface area (Å²) < 4.78 is 2.18. The lowest BCUT2D eigenvalue weighted by molar-refractivity contribution is 0.591. The van der Waals surface area contributed by atoms with Crippen LogP contribution in [0, 0.1) is 0 Å². The van der Waals surface area contributed by atoms with Crippen LogP contribution in [-0.2, 0) is 0 Å². The second-order valence-electron chi connectivity index (χ2n) is 5.25. The quantitative estimate of drug-likeness (QED) is 0.726. The van der Waals surface area contributed by atoms with Gasteiger partial charge in [-0.25, -0.2) is 9.97 Å². The predicted octanol–water partition coefficient (Wildman–Crippen LogP) is 3.43. The Balaban J connectivity index is 1.92. The summed E-state index contributed by atoms with van der Waals surface area (Å²) in [5.74, 6) is 4.08. The van der Waals surface area contributed by atoms with Crippen LogP contribution >= 0.6 is 11.8 Å². The number of hydrogen-bond acceptors (Lipinski definition) is 4. The highest BCUT2D eigenvalue weighted by molar-refractivity contribution is 7.99. The first-order chi connectivity index (χ1) is 10.4. The molecule has 0 aliphatic carbocycles. The smallest absolute Gasteiger partial charge is 0.164 e. The van der Waals surface area contributed by atoms with Crippen LogP contribution in [0.2, 0.25) is 0 Å². The molecule has 3 aromatic rings. The Kier molecular flexibility index (Phi) is 3.35. The van der Waals surface area contributed by atoms with Crippen molar-refractivity contribution in [3.8, 4) is 5.69 Å². The second-order valence-corrected chi connectivity index (χ2v) is 6.47. The maximum atomic E-state index is 4.88. The van der Waals surface area contributed by atoms with Crippen molar-refractivity contribution in [2.45, 2.75) is 18.8 Å². The van der Waals surface area contributed by atoms with Gasteiger partial charge in [0.1, 0.15) is 11.3 Å². The molecule has 3 aromatic heterocycles. The standard InChI is InChI=1S/C16H16N4S/c1-3-13(11-17-7-1)20-15(12-5-9-21-10-6-12)19-14-4-2-8-18-16(14)20/h1-4,7-8,11-12H,5-6,9-10H2. The molecule has 4 heterocycles. The van der Waals surface area contributed by atoms with Gasteiger partial charge in [0, 0.05) is 18.3 Å². The maximum Gasteiger partial charge on any atom is 0.164 e. The molecule has 5 heteroatoms. The van der Waals surface area contributed by atoms with E-state index in [4.69, 9.17) is 4.98 Å². The molecule has 0 unspecified atom stereocenters. The molecule has 1 aliphatic heterocycles. The molecule has 0 radical (unpaired) electrons. The van der Waals surface area contributed by atoms with Gasteiger partial charge in [-0.3, -0.25) is 9.55 Å². The molecule has 4 nitrogen and oxygen atoms in total. The number of nitrogens with zero attached hydrogens (tertiary/aromatic N) is 4. The minimum Gasteiger partial charge on any atom is -0.279 e. The summed E-state index contributed by atoms with van der Waals surface area (Å²) in [6.07, 6.45) is 7.89. The van der Waals surface area contributed by atoms with E-state index in [0.29, 0.717) is 5.92 Å². The van der Waals surface area contributed by atoms with Crippen LogP contribution in [-0.4, -0.2) is 31.0 Å². The predicted molar refractivity (Wildman–Crippen MR) is 86.0 cm³/mol. The summed E-state index contributed by atoms with van der Waals surface area (Å²) in [5, 5.41) is 0. The topological polar surface area (TPSA) is 43.6 Å². The van der Waals surface area contributed by atoms with E-state index in [0.717, 1.165) is 22.7 Å². The summed E-state index contributed by atoms with van der Waals surface area (Å²) in [6, 6.07) is 8.02. The highest BCUT2D eigenvalue weighted by Gasteiger charge is 2.23. The first-order valence-corrected chi connectivity index (χ1v) is 8.40. The zero-order chi connectivity index (χ0) is 14.1. The number of thioether (sulfide) groups is 1. The third-order valence-corrected chi connectivity index (χ3v) is 4.98. The average Bonchev–Trinajstić information content (AvgIpc) is 2.96. The largest absolute Gasteiger partial charge is 0.279 e. The van der Waals surface area contributed by atoms with Crippen molar-refractivity contribution in [3.63, 3.8) is 0 Å². The van der Waals surface area contributed by atoms with Crippen molar-refractivity contribution in [1.29, 1.82) is 0 Å². The molecule has 0 bridgehead atoms. The van der Waals surface area contributed by atoms with Gasteiger partial charge in [-0.2, -0.15) is 11.8 Å². The van der Waals surface area contributed by atoms with Gasteiger partial charge in [0.2, 0.25) is 0 Å². The number of rotatable bonds is 2. The van der Waals surface area contributed by atoms with E-state index in [9.17, 15) is 0 Å². The van der Waals surface area contributed by atoms with Crippen molar-refractivity contribution in [2.24, 2.45) is 0 Å². The first kappa shape index (κ1) is 12.8. The highest BCUT2D eigenvalue weighted by Crippen LogP contribution is 2.33. The van der Waals surface area contributed by atoms with E-state index < -0.39 is 0 Å². The zero-order valence-corrected chi connectivity index (χ0v) is 12.5. The van der Waals surface area contributed by atoms with E-state index in [-0.39, 0.29) is 0 Å². The summed E-state index contributed by atoms with van der Waals surface area (Å²) >= 11 is 2.04. The maximum absolute atomic E-state index is 4.88. The van der Waals surface area contributed by atoms with Gasteiger partial charge in [-0.05, 0) is 48.6 Å². The summed E-state index contributed by atoms with van der Waals surface area (Å²) in [7, 11) is 0. The van der Waals surface area contributed by atoms with Gasteiger partial charge in [-0.15, -0.1) is 0 Å². The van der Waals surface area contributed by atoms with Crippen LogP contribution in [0.1, 0.15) is 24.6 Å². The number of pyridine rings is 2.